The predicted molar refractivity (Wildman–Crippen MR) is 129 cm³/mol. The SMILES string of the molecule is Cc1ccc(Cl)c2sc(N(CC3CCCO3)C(=O)c3ccc(S(=O)(=O)C(C)C)cc3)nc12. The van der Waals surface area contributed by atoms with E-state index in [4.69, 9.17) is 21.3 Å². The van der Waals surface area contributed by atoms with E-state index in [1.54, 1.807) is 30.9 Å². The Bertz CT molecular complexity index is 1210. The molecule has 1 aromatic heterocycles. The van der Waals surface area contributed by atoms with Crippen LogP contribution in [-0.4, -0.2) is 43.8 Å². The highest BCUT2D eigenvalue weighted by atomic mass is 35.5. The molecule has 32 heavy (non-hydrogen) atoms. The monoisotopic (exact) mass is 492 g/mol. The Morgan fingerprint density at radius 1 is 1.25 bits per heavy atom. The van der Waals surface area contributed by atoms with Gasteiger partial charge in [-0.25, -0.2) is 13.4 Å². The van der Waals surface area contributed by atoms with E-state index in [0.717, 1.165) is 28.6 Å². The molecule has 1 atom stereocenters. The van der Waals surface area contributed by atoms with Crippen molar-refractivity contribution in [3.8, 4) is 0 Å². The molecule has 2 aromatic carbocycles. The molecule has 0 saturated carbocycles. The second kappa shape index (κ2) is 9.09. The van der Waals surface area contributed by atoms with Crippen molar-refractivity contribution in [1.29, 1.82) is 0 Å². The molecule has 1 saturated heterocycles. The minimum Gasteiger partial charge on any atom is -0.376 e. The summed E-state index contributed by atoms with van der Waals surface area (Å²) < 4.78 is 31.5. The summed E-state index contributed by atoms with van der Waals surface area (Å²) in [6, 6.07) is 9.85. The topological polar surface area (TPSA) is 76.6 Å². The molecule has 9 heteroatoms. The molecule has 0 radical (unpaired) electrons. The van der Waals surface area contributed by atoms with Gasteiger partial charge in [0.2, 0.25) is 0 Å². The van der Waals surface area contributed by atoms with Crippen LogP contribution in [0.3, 0.4) is 0 Å². The molecule has 1 aliphatic heterocycles. The Kier molecular flexibility index (Phi) is 6.58. The third-order valence-electron chi connectivity index (χ3n) is 5.62. The van der Waals surface area contributed by atoms with Crippen molar-refractivity contribution < 1.29 is 17.9 Å². The number of carbonyl (C=O) groups is 1. The number of aryl methyl sites for hydroxylation is 1. The molecule has 6 nitrogen and oxygen atoms in total. The van der Waals surface area contributed by atoms with E-state index in [0.29, 0.717) is 28.9 Å². The summed E-state index contributed by atoms with van der Waals surface area (Å²) in [5.74, 6) is -0.248. The molecular formula is C23H25ClN2O4S2. The number of rotatable bonds is 6. The summed E-state index contributed by atoms with van der Waals surface area (Å²) in [6.45, 7) is 6.29. The first kappa shape index (κ1) is 23.2. The molecule has 0 bridgehead atoms. The van der Waals surface area contributed by atoms with Crippen molar-refractivity contribution in [2.24, 2.45) is 0 Å². The van der Waals surface area contributed by atoms with Crippen LogP contribution in [0.5, 0.6) is 0 Å². The van der Waals surface area contributed by atoms with E-state index in [9.17, 15) is 13.2 Å². The van der Waals surface area contributed by atoms with Gasteiger partial charge >= 0.3 is 0 Å². The fourth-order valence-corrected chi connectivity index (χ4v) is 6.05. The van der Waals surface area contributed by atoms with Gasteiger partial charge in [-0.1, -0.05) is 29.0 Å². The molecule has 3 aromatic rings. The Labute approximate surface area is 197 Å². The number of ether oxygens (including phenoxy) is 1. The molecule has 1 unspecified atom stereocenters. The highest BCUT2D eigenvalue weighted by Gasteiger charge is 2.28. The van der Waals surface area contributed by atoms with Crippen molar-refractivity contribution in [3.63, 3.8) is 0 Å². The van der Waals surface area contributed by atoms with Gasteiger partial charge in [-0.2, -0.15) is 0 Å². The Balaban J connectivity index is 1.71. The number of fused-ring (bicyclic) bond motifs is 1. The van der Waals surface area contributed by atoms with Crippen LogP contribution in [0.15, 0.2) is 41.3 Å². The molecule has 0 aliphatic carbocycles. The lowest BCUT2D eigenvalue weighted by Gasteiger charge is -2.23. The van der Waals surface area contributed by atoms with Crippen molar-refractivity contribution in [2.45, 2.75) is 49.9 Å². The lowest BCUT2D eigenvalue weighted by atomic mass is 10.2. The van der Waals surface area contributed by atoms with E-state index < -0.39 is 15.1 Å². The summed E-state index contributed by atoms with van der Waals surface area (Å²) in [4.78, 5) is 20.1. The van der Waals surface area contributed by atoms with Crippen LogP contribution in [0, 0.1) is 6.92 Å². The minimum atomic E-state index is -3.41. The Morgan fingerprint density at radius 2 is 1.97 bits per heavy atom. The van der Waals surface area contributed by atoms with Crippen LogP contribution in [0.2, 0.25) is 5.02 Å². The van der Waals surface area contributed by atoms with E-state index in [1.807, 2.05) is 19.1 Å². The second-order valence-electron chi connectivity index (χ2n) is 8.21. The largest absolute Gasteiger partial charge is 0.376 e. The molecule has 0 N–H and O–H groups in total. The van der Waals surface area contributed by atoms with Gasteiger partial charge in [0.15, 0.2) is 15.0 Å². The van der Waals surface area contributed by atoms with Gasteiger partial charge < -0.3 is 4.74 Å². The summed E-state index contributed by atoms with van der Waals surface area (Å²) >= 11 is 7.76. The van der Waals surface area contributed by atoms with Crippen molar-refractivity contribution in [3.05, 3.63) is 52.5 Å². The van der Waals surface area contributed by atoms with Crippen molar-refractivity contribution in [2.75, 3.05) is 18.1 Å². The molecule has 1 amide bonds. The van der Waals surface area contributed by atoms with E-state index in [1.165, 1.54) is 23.5 Å². The van der Waals surface area contributed by atoms with Crippen LogP contribution in [0.25, 0.3) is 10.2 Å². The Morgan fingerprint density at radius 3 is 2.56 bits per heavy atom. The highest BCUT2D eigenvalue weighted by molar-refractivity contribution is 7.92. The number of benzene rings is 2. The summed E-state index contributed by atoms with van der Waals surface area (Å²) in [5.41, 5.74) is 2.16. The predicted octanol–water partition coefficient (Wildman–Crippen LogP) is 5.27. The van der Waals surface area contributed by atoms with Crippen LogP contribution in [0.4, 0.5) is 5.13 Å². The second-order valence-corrected chi connectivity index (χ2v) is 12.1. The van der Waals surface area contributed by atoms with E-state index in [-0.39, 0.29) is 16.9 Å². The molecule has 0 spiro atoms. The highest BCUT2D eigenvalue weighted by Crippen LogP contribution is 2.36. The van der Waals surface area contributed by atoms with Crippen LogP contribution in [0.1, 0.15) is 42.6 Å². The third-order valence-corrected chi connectivity index (χ3v) is 9.33. The number of anilines is 1. The summed E-state index contributed by atoms with van der Waals surface area (Å²) in [6.07, 6.45) is 1.77. The standard InChI is InChI=1S/C23H25ClN2O4S2/c1-14(2)32(28,29)18-9-7-16(8-10-18)22(27)26(13-17-5-4-12-30-17)23-25-20-15(3)6-11-19(24)21(20)31-23/h6-11,14,17H,4-5,12-13H2,1-3H3. The lowest BCUT2D eigenvalue weighted by molar-refractivity contribution is 0.0917. The molecule has 2 heterocycles. The number of halogens is 1. The lowest BCUT2D eigenvalue weighted by Crippen LogP contribution is -2.37. The van der Waals surface area contributed by atoms with Crippen LogP contribution >= 0.6 is 22.9 Å². The quantitative estimate of drug-likeness (QED) is 0.468. The number of sulfone groups is 1. The third kappa shape index (κ3) is 4.41. The fraction of sp³-hybridized carbons (Fsp3) is 0.391. The first-order chi connectivity index (χ1) is 15.2. The summed E-state index contributed by atoms with van der Waals surface area (Å²) in [5, 5.41) is 0.619. The first-order valence-electron chi connectivity index (χ1n) is 10.5. The zero-order chi connectivity index (χ0) is 23.0. The molecule has 1 aliphatic rings. The van der Waals surface area contributed by atoms with Gasteiger partial charge in [-0.3, -0.25) is 9.69 Å². The van der Waals surface area contributed by atoms with Crippen LogP contribution in [-0.2, 0) is 14.6 Å². The molecule has 1 fully saturated rings. The summed E-state index contributed by atoms with van der Waals surface area (Å²) in [7, 11) is -3.41. The number of nitrogens with zero attached hydrogens (tertiary/aromatic N) is 2. The average molecular weight is 493 g/mol. The van der Waals surface area contributed by atoms with Gasteiger partial charge in [-0.05, 0) is 69.5 Å². The van der Waals surface area contributed by atoms with Crippen LogP contribution < -0.4 is 4.90 Å². The maximum atomic E-state index is 13.5. The zero-order valence-corrected chi connectivity index (χ0v) is 20.6. The average Bonchev–Trinajstić information content (AvgIpc) is 3.45. The maximum absolute atomic E-state index is 13.5. The number of carbonyl (C=O) groups excluding carboxylic acids is 1. The normalized spacial score (nSPS) is 16.7. The van der Waals surface area contributed by atoms with Gasteiger partial charge in [0, 0.05) is 12.2 Å². The maximum Gasteiger partial charge on any atom is 0.260 e. The fourth-order valence-electron chi connectivity index (χ4n) is 3.66. The van der Waals surface area contributed by atoms with E-state index >= 15 is 0 Å². The minimum absolute atomic E-state index is 0.0666. The number of thiazole rings is 1. The van der Waals surface area contributed by atoms with Gasteiger partial charge in [0.1, 0.15) is 0 Å². The smallest absolute Gasteiger partial charge is 0.260 e. The molecule has 4 rings (SSSR count). The van der Waals surface area contributed by atoms with Crippen molar-refractivity contribution >= 4 is 54.0 Å². The molecular weight excluding hydrogens is 468 g/mol. The number of hydrogen-bond acceptors (Lipinski definition) is 6. The van der Waals surface area contributed by atoms with E-state index in [2.05, 4.69) is 0 Å². The number of aromatic nitrogens is 1. The van der Waals surface area contributed by atoms with Gasteiger partial charge in [0.05, 0.1) is 38.0 Å². The zero-order valence-electron chi connectivity index (χ0n) is 18.2. The Hall–Kier alpha value is -2.00. The van der Waals surface area contributed by atoms with Gasteiger partial charge in [0.25, 0.3) is 5.91 Å². The van der Waals surface area contributed by atoms with Crippen molar-refractivity contribution in [1.82, 2.24) is 4.98 Å². The molecule has 170 valence electrons. The first-order valence-corrected chi connectivity index (χ1v) is 13.3. The number of hydrogen-bond donors (Lipinski definition) is 0. The number of amides is 1. The van der Waals surface area contributed by atoms with Gasteiger partial charge in [-0.15, -0.1) is 0 Å².